The van der Waals surface area contributed by atoms with Gasteiger partial charge >= 0.3 is 0 Å². The second-order valence-electron chi connectivity index (χ2n) is 8.19. The number of carbonyl (C=O) groups is 1. The van der Waals surface area contributed by atoms with Gasteiger partial charge in [0.25, 0.3) is 5.91 Å². The zero-order valence-electron chi connectivity index (χ0n) is 19.5. The molecule has 0 fully saturated rings. The molecule has 0 saturated heterocycles. The molecule has 172 valence electrons. The molecule has 0 atom stereocenters. The second kappa shape index (κ2) is 8.97. The summed E-state index contributed by atoms with van der Waals surface area (Å²) in [6.07, 6.45) is 9.63. The average molecular weight is 455 g/mol. The Morgan fingerprint density at radius 1 is 1.06 bits per heavy atom. The normalized spacial score (nSPS) is 12.9. The van der Waals surface area contributed by atoms with Gasteiger partial charge in [-0.15, -0.1) is 0 Å². The highest BCUT2D eigenvalue weighted by Crippen LogP contribution is 2.37. The molecule has 4 heterocycles. The molecule has 1 aromatic carbocycles. The monoisotopic (exact) mass is 454 g/mol. The van der Waals surface area contributed by atoms with Crippen LogP contribution in [0.2, 0.25) is 0 Å². The van der Waals surface area contributed by atoms with Crippen molar-refractivity contribution in [3.8, 4) is 11.4 Å². The van der Waals surface area contributed by atoms with Crippen LogP contribution in [0.3, 0.4) is 0 Å². The van der Waals surface area contributed by atoms with E-state index in [9.17, 15) is 4.79 Å². The van der Waals surface area contributed by atoms with Gasteiger partial charge in [-0.2, -0.15) is 0 Å². The summed E-state index contributed by atoms with van der Waals surface area (Å²) < 4.78 is 8.01. The van der Waals surface area contributed by atoms with E-state index < -0.39 is 0 Å². The Labute approximate surface area is 198 Å². The fourth-order valence-electron chi connectivity index (χ4n) is 4.20. The molecule has 8 heteroatoms. The van der Waals surface area contributed by atoms with Gasteiger partial charge in [-0.3, -0.25) is 4.79 Å². The van der Waals surface area contributed by atoms with Gasteiger partial charge in [0, 0.05) is 50.5 Å². The molecule has 1 aliphatic rings. The van der Waals surface area contributed by atoms with Crippen LogP contribution in [-0.2, 0) is 6.42 Å². The van der Waals surface area contributed by atoms with Gasteiger partial charge in [0.15, 0.2) is 5.82 Å². The van der Waals surface area contributed by atoms with E-state index in [0.29, 0.717) is 31.0 Å². The summed E-state index contributed by atoms with van der Waals surface area (Å²) in [6.45, 7) is 5.19. The number of aromatic nitrogens is 4. The van der Waals surface area contributed by atoms with Gasteiger partial charge in [-0.05, 0) is 61.4 Å². The van der Waals surface area contributed by atoms with E-state index in [2.05, 4.69) is 21.0 Å². The van der Waals surface area contributed by atoms with Crippen molar-refractivity contribution in [2.24, 2.45) is 0 Å². The number of fused-ring (bicyclic) bond motifs is 2. The lowest BCUT2D eigenvalue weighted by Gasteiger charge is -2.22. The van der Waals surface area contributed by atoms with Crippen LogP contribution in [0.5, 0.6) is 5.75 Å². The van der Waals surface area contributed by atoms with E-state index in [4.69, 9.17) is 4.74 Å². The summed E-state index contributed by atoms with van der Waals surface area (Å²) in [7, 11) is 1.78. The predicted octanol–water partition coefficient (Wildman–Crippen LogP) is 4.34. The third-order valence-corrected chi connectivity index (χ3v) is 6.02. The molecule has 0 unspecified atom stereocenters. The number of hydrogen-bond donors (Lipinski definition) is 0. The molecule has 3 aromatic heterocycles. The topological polar surface area (TPSA) is 76.4 Å². The Kier molecular flexibility index (Phi) is 5.71. The quantitative estimate of drug-likeness (QED) is 0.431. The maximum absolute atomic E-state index is 13.3. The molecule has 0 bridgehead atoms. The first kappa shape index (κ1) is 21.6. The first-order valence-electron chi connectivity index (χ1n) is 11.3. The molecular weight excluding hydrogens is 428 g/mol. The van der Waals surface area contributed by atoms with Crippen LogP contribution in [0, 0.1) is 6.92 Å². The smallest absolute Gasteiger partial charge is 0.261 e. The molecule has 1 amide bonds. The van der Waals surface area contributed by atoms with Crippen molar-refractivity contribution >= 4 is 23.2 Å². The predicted molar refractivity (Wildman–Crippen MR) is 131 cm³/mol. The average Bonchev–Trinajstić information content (AvgIpc) is 3.38. The summed E-state index contributed by atoms with van der Waals surface area (Å²) in [6, 6.07) is 11.7. The minimum Gasteiger partial charge on any atom is -0.493 e. The minimum absolute atomic E-state index is 0.0959. The van der Waals surface area contributed by atoms with E-state index >= 15 is 0 Å². The summed E-state index contributed by atoms with van der Waals surface area (Å²) in [5, 5.41) is 0. The second-order valence-corrected chi connectivity index (χ2v) is 8.19. The summed E-state index contributed by atoms with van der Waals surface area (Å²) in [5.41, 5.74) is 4.37. The summed E-state index contributed by atoms with van der Waals surface area (Å²) in [5.74, 6) is 2.10. The standard InChI is InChI=1S/C26H26N6O2/c1-4-32-24-21(26(33)30(3)22-6-5-10-28-25(22)32)15-19(16-29-24)9-13-34-23-8-7-20(14-18(23)2)31-12-11-27-17-31/h5-8,10-12,14-17H,4,9,13H2,1-3H3. The molecule has 4 aromatic rings. The number of benzene rings is 1. The lowest BCUT2D eigenvalue weighted by atomic mass is 10.1. The molecule has 34 heavy (non-hydrogen) atoms. The number of carbonyl (C=O) groups excluding carboxylic acids is 1. The Balaban J connectivity index is 1.34. The molecule has 0 radical (unpaired) electrons. The van der Waals surface area contributed by atoms with Crippen LogP contribution < -0.4 is 14.5 Å². The molecule has 0 N–H and O–H groups in total. The number of aryl methyl sites for hydroxylation is 1. The largest absolute Gasteiger partial charge is 0.493 e. The van der Waals surface area contributed by atoms with E-state index in [0.717, 1.165) is 34.1 Å². The third kappa shape index (κ3) is 3.87. The van der Waals surface area contributed by atoms with E-state index in [1.165, 1.54) is 0 Å². The number of amides is 1. The van der Waals surface area contributed by atoms with Crippen molar-refractivity contribution in [1.29, 1.82) is 0 Å². The van der Waals surface area contributed by atoms with Gasteiger partial charge in [-0.1, -0.05) is 0 Å². The summed E-state index contributed by atoms with van der Waals surface area (Å²) in [4.78, 5) is 30.2. The van der Waals surface area contributed by atoms with Crippen molar-refractivity contribution in [2.75, 3.05) is 30.0 Å². The molecule has 0 saturated carbocycles. The molecular formula is C26H26N6O2. The van der Waals surface area contributed by atoms with Crippen molar-refractivity contribution in [3.63, 3.8) is 0 Å². The minimum atomic E-state index is -0.0959. The molecule has 0 aliphatic carbocycles. The Morgan fingerprint density at radius 2 is 1.94 bits per heavy atom. The van der Waals surface area contributed by atoms with Gasteiger partial charge in [0.2, 0.25) is 0 Å². The maximum Gasteiger partial charge on any atom is 0.261 e. The molecule has 5 rings (SSSR count). The van der Waals surface area contributed by atoms with Crippen molar-refractivity contribution in [2.45, 2.75) is 20.3 Å². The molecule has 1 aliphatic heterocycles. The fraction of sp³-hybridized carbons (Fsp3) is 0.231. The zero-order chi connectivity index (χ0) is 23.7. The van der Waals surface area contributed by atoms with Crippen molar-refractivity contribution in [3.05, 3.63) is 84.2 Å². The Hall–Kier alpha value is -4.20. The van der Waals surface area contributed by atoms with Crippen LogP contribution in [0.1, 0.15) is 28.4 Å². The van der Waals surface area contributed by atoms with Crippen molar-refractivity contribution < 1.29 is 9.53 Å². The molecule has 0 spiro atoms. The highest BCUT2D eigenvalue weighted by atomic mass is 16.5. The van der Waals surface area contributed by atoms with Gasteiger partial charge in [0.05, 0.1) is 24.2 Å². The van der Waals surface area contributed by atoms with Crippen LogP contribution >= 0.6 is 0 Å². The van der Waals surface area contributed by atoms with Crippen LogP contribution in [0.25, 0.3) is 5.69 Å². The van der Waals surface area contributed by atoms with E-state index in [1.807, 2.05) is 66.0 Å². The first-order chi connectivity index (χ1) is 16.6. The number of pyridine rings is 2. The number of hydrogen-bond acceptors (Lipinski definition) is 6. The molecule has 8 nitrogen and oxygen atoms in total. The highest BCUT2D eigenvalue weighted by Gasteiger charge is 2.30. The zero-order valence-corrected chi connectivity index (χ0v) is 19.5. The van der Waals surface area contributed by atoms with Gasteiger partial charge < -0.3 is 19.1 Å². The van der Waals surface area contributed by atoms with E-state index in [1.54, 1.807) is 30.7 Å². The third-order valence-electron chi connectivity index (χ3n) is 6.02. The lowest BCUT2D eigenvalue weighted by Crippen LogP contribution is -2.25. The maximum atomic E-state index is 13.3. The van der Waals surface area contributed by atoms with Crippen LogP contribution in [0.4, 0.5) is 17.3 Å². The number of rotatable bonds is 6. The summed E-state index contributed by atoms with van der Waals surface area (Å²) >= 11 is 0. The number of anilines is 3. The van der Waals surface area contributed by atoms with E-state index in [-0.39, 0.29) is 5.91 Å². The highest BCUT2D eigenvalue weighted by molar-refractivity contribution is 6.12. The fourth-order valence-corrected chi connectivity index (χ4v) is 4.20. The Morgan fingerprint density at radius 3 is 2.71 bits per heavy atom. The first-order valence-corrected chi connectivity index (χ1v) is 11.3. The van der Waals surface area contributed by atoms with Crippen LogP contribution in [-0.4, -0.2) is 45.6 Å². The Bertz CT molecular complexity index is 1340. The lowest BCUT2D eigenvalue weighted by molar-refractivity contribution is 0.0994. The number of imidazole rings is 1. The van der Waals surface area contributed by atoms with Crippen LogP contribution in [0.15, 0.2) is 67.5 Å². The van der Waals surface area contributed by atoms with Gasteiger partial charge in [-0.25, -0.2) is 15.0 Å². The number of ether oxygens (including phenoxy) is 1. The van der Waals surface area contributed by atoms with Gasteiger partial charge in [0.1, 0.15) is 11.6 Å². The SMILES string of the molecule is CCN1c2ncc(CCOc3ccc(-n4ccnc4)cc3C)cc2C(=O)N(C)c2cccnc21. The van der Waals surface area contributed by atoms with Crippen molar-refractivity contribution in [1.82, 2.24) is 19.5 Å². The number of nitrogens with zero attached hydrogens (tertiary/aromatic N) is 6.